The van der Waals surface area contributed by atoms with Crippen molar-refractivity contribution in [2.45, 2.75) is 63.9 Å². The third-order valence-electron chi connectivity index (χ3n) is 3.46. The van der Waals surface area contributed by atoms with E-state index in [1.54, 1.807) is 34.6 Å². The Kier molecular flexibility index (Phi) is 3.07. The van der Waals surface area contributed by atoms with E-state index in [1.807, 2.05) is 0 Å². The Bertz CT molecular complexity index is 356. The lowest BCUT2D eigenvalue weighted by Crippen LogP contribution is -2.53. The molecule has 0 N–H and O–H groups in total. The van der Waals surface area contributed by atoms with Crippen molar-refractivity contribution in [1.29, 1.82) is 0 Å². The number of carbonyl (C=O) groups excluding carboxylic acids is 1. The van der Waals surface area contributed by atoms with Crippen LogP contribution in [0.5, 0.6) is 0 Å². The Hall–Kier alpha value is -0.530. The third kappa shape index (κ3) is 2.08. The Morgan fingerprint density at radius 2 is 1.89 bits per heavy atom. The standard InChI is InChI=1S/C12H20NO5/c1-10(2)13(15)8(6-16-10)9-12(5,7-14)18-11(3,4)17-9/h7-9H,6H2,1-5H3/q-1/t8-,9-,12-/m1/s1. The van der Waals surface area contributed by atoms with Gasteiger partial charge in [-0.15, -0.1) is 0 Å². The molecule has 2 rings (SSSR count). The van der Waals surface area contributed by atoms with Crippen molar-refractivity contribution < 1.29 is 19.0 Å². The molecule has 0 saturated carbocycles. The molecular formula is C12H20NO5-. The number of hydrogen-bond acceptors (Lipinski definition) is 6. The highest BCUT2D eigenvalue weighted by atomic mass is 16.8. The predicted octanol–water partition coefficient (Wildman–Crippen LogP) is 1.03. The Morgan fingerprint density at radius 3 is 2.33 bits per heavy atom. The number of hydroxylamine groups is 2. The van der Waals surface area contributed by atoms with Crippen LogP contribution in [0.3, 0.4) is 0 Å². The lowest BCUT2D eigenvalue weighted by atomic mass is 9.95. The summed E-state index contributed by atoms with van der Waals surface area (Å²) in [6.07, 6.45) is 0.0650. The summed E-state index contributed by atoms with van der Waals surface area (Å²) in [6, 6.07) is -0.544. The summed E-state index contributed by atoms with van der Waals surface area (Å²) in [5.41, 5.74) is -2.02. The summed E-state index contributed by atoms with van der Waals surface area (Å²) in [5, 5.41) is 13.0. The molecule has 0 radical (unpaired) electrons. The zero-order valence-electron chi connectivity index (χ0n) is 11.4. The first kappa shape index (κ1) is 13.9. The lowest BCUT2D eigenvalue weighted by Gasteiger charge is -2.42. The third-order valence-corrected chi connectivity index (χ3v) is 3.46. The number of aldehydes is 1. The van der Waals surface area contributed by atoms with Crippen LogP contribution in [0.15, 0.2) is 0 Å². The highest BCUT2D eigenvalue weighted by molar-refractivity contribution is 5.64. The van der Waals surface area contributed by atoms with Crippen LogP contribution < -0.4 is 0 Å². The number of ether oxygens (including phenoxy) is 3. The summed E-state index contributed by atoms with van der Waals surface area (Å²) >= 11 is 0. The minimum absolute atomic E-state index is 0.226. The highest BCUT2D eigenvalue weighted by Crippen LogP contribution is 2.41. The Morgan fingerprint density at radius 1 is 1.28 bits per heavy atom. The first-order valence-electron chi connectivity index (χ1n) is 6.06. The van der Waals surface area contributed by atoms with Crippen molar-refractivity contribution in [2.24, 2.45) is 0 Å². The largest absolute Gasteiger partial charge is 0.783 e. The fraction of sp³-hybridized carbons (Fsp3) is 0.917. The van der Waals surface area contributed by atoms with E-state index < -0.39 is 29.3 Å². The second-order valence-corrected chi connectivity index (χ2v) is 5.99. The van der Waals surface area contributed by atoms with Crippen molar-refractivity contribution in [1.82, 2.24) is 5.06 Å². The van der Waals surface area contributed by atoms with Gasteiger partial charge in [0.05, 0.1) is 12.6 Å². The predicted molar refractivity (Wildman–Crippen MR) is 63.5 cm³/mol. The van der Waals surface area contributed by atoms with E-state index >= 15 is 0 Å². The van der Waals surface area contributed by atoms with Crippen molar-refractivity contribution in [3.8, 4) is 0 Å². The van der Waals surface area contributed by atoms with E-state index in [2.05, 4.69) is 0 Å². The molecule has 0 aromatic carbocycles. The van der Waals surface area contributed by atoms with Gasteiger partial charge in [0.2, 0.25) is 0 Å². The molecule has 0 spiro atoms. The van der Waals surface area contributed by atoms with Gasteiger partial charge in [0, 0.05) is 0 Å². The molecule has 0 aromatic rings. The van der Waals surface area contributed by atoms with Gasteiger partial charge < -0.3 is 29.3 Å². The van der Waals surface area contributed by atoms with E-state index in [9.17, 15) is 10.0 Å². The molecule has 6 nitrogen and oxygen atoms in total. The van der Waals surface area contributed by atoms with Crippen LogP contribution in [-0.2, 0) is 19.0 Å². The monoisotopic (exact) mass is 258 g/mol. The molecule has 0 aliphatic carbocycles. The lowest BCUT2D eigenvalue weighted by molar-refractivity contribution is -0.164. The molecule has 2 saturated heterocycles. The molecule has 0 unspecified atom stereocenters. The summed E-state index contributed by atoms with van der Waals surface area (Å²) < 4.78 is 16.8. The smallest absolute Gasteiger partial charge is 0.164 e. The first-order chi connectivity index (χ1) is 8.11. The van der Waals surface area contributed by atoms with Gasteiger partial charge in [0.25, 0.3) is 0 Å². The number of rotatable bonds is 2. The zero-order valence-corrected chi connectivity index (χ0v) is 11.4. The van der Waals surface area contributed by atoms with Crippen molar-refractivity contribution in [2.75, 3.05) is 6.61 Å². The maximum atomic E-state index is 12.2. The average molecular weight is 258 g/mol. The van der Waals surface area contributed by atoms with Gasteiger partial charge in [0.1, 0.15) is 11.8 Å². The van der Waals surface area contributed by atoms with Gasteiger partial charge in [-0.2, -0.15) is 0 Å². The summed E-state index contributed by atoms with van der Waals surface area (Å²) in [5.74, 6) is -0.881. The molecule has 0 amide bonds. The van der Waals surface area contributed by atoms with E-state index in [-0.39, 0.29) is 6.61 Å². The van der Waals surface area contributed by atoms with Crippen molar-refractivity contribution >= 4 is 6.29 Å². The molecule has 2 aliphatic heterocycles. The fourth-order valence-corrected chi connectivity index (χ4v) is 2.62. The summed E-state index contributed by atoms with van der Waals surface area (Å²) in [6.45, 7) is 8.71. The van der Waals surface area contributed by atoms with Gasteiger partial charge in [-0.05, 0) is 34.6 Å². The van der Waals surface area contributed by atoms with Crippen LogP contribution in [0.25, 0.3) is 0 Å². The van der Waals surface area contributed by atoms with Crippen LogP contribution in [0, 0.1) is 5.21 Å². The Balaban J connectivity index is 2.25. The second kappa shape index (κ2) is 3.98. The number of nitrogens with zero attached hydrogens (tertiary/aromatic N) is 1. The maximum absolute atomic E-state index is 12.2. The van der Waals surface area contributed by atoms with Crippen molar-refractivity contribution in [3.63, 3.8) is 0 Å². The molecule has 2 fully saturated rings. The SMILES string of the molecule is CC1(C)O[C@H]([C@H]2COC(C)(C)N2[O-])[C@@](C)(C=O)O1. The molecule has 2 aliphatic rings. The van der Waals surface area contributed by atoms with E-state index in [1.165, 1.54) is 0 Å². The van der Waals surface area contributed by atoms with Crippen LogP contribution in [0.1, 0.15) is 34.6 Å². The molecule has 6 heteroatoms. The number of carbonyl (C=O) groups is 1. The van der Waals surface area contributed by atoms with Gasteiger partial charge in [-0.25, -0.2) is 0 Å². The topological polar surface area (TPSA) is 71.1 Å². The van der Waals surface area contributed by atoms with E-state index in [0.29, 0.717) is 6.29 Å². The highest BCUT2D eigenvalue weighted by Gasteiger charge is 2.56. The maximum Gasteiger partial charge on any atom is 0.164 e. The number of hydrogen-bond donors (Lipinski definition) is 0. The molecule has 3 atom stereocenters. The minimum Gasteiger partial charge on any atom is -0.783 e. The van der Waals surface area contributed by atoms with E-state index in [4.69, 9.17) is 14.2 Å². The minimum atomic E-state index is -1.12. The first-order valence-corrected chi connectivity index (χ1v) is 6.06. The molecule has 0 aromatic heterocycles. The fourth-order valence-electron chi connectivity index (χ4n) is 2.62. The quantitative estimate of drug-likeness (QED) is 0.689. The second-order valence-electron chi connectivity index (χ2n) is 5.99. The molecule has 104 valence electrons. The van der Waals surface area contributed by atoms with E-state index in [0.717, 1.165) is 5.06 Å². The van der Waals surface area contributed by atoms with Crippen LogP contribution in [-0.4, -0.2) is 47.2 Å². The summed E-state index contributed by atoms with van der Waals surface area (Å²) in [7, 11) is 0. The van der Waals surface area contributed by atoms with Gasteiger partial charge in [-0.3, -0.25) is 0 Å². The zero-order chi connectivity index (χ0) is 13.8. The van der Waals surface area contributed by atoms with Crippen LogP contribution >= 0.6 is 0 Å². The Labute approximate surface area is 107 Å². The van der Waals surface area contributed by atoms with Crippen LogP contribution in [0.4, 0.5) is 0 Å². The van der Waals surface area contributed by atoms with Crippen LogP contribution in [0.2, 0.25) is 0 Å². The molecule has 18 heavy (non-hydrogen) atoms. The van der Waals surface area contributed by atoms with Gasteiger partial charge in [-0.1, -0.05) is 0 Å². The molecule has 0 bridgehead atoms. The van der Waals surface area contributed by atoms with Gasteiger partial charge in [0.15, 0.2) is 17.7 Å². The molecule has 2 heterocycles. The summed E-state index contributed by atoms with van der Waals surface area (Å²) in [4.78, 5) is 11.3. The normalized spacial score (nSPS) is 43.2. The van der Waals surface area contributed by atoms with Crippen molar-refractivity contribution in [3.05, 3.63) is 5.21 Å². The molecular weight excluding hydrogens is 238 g/mol. The van der Waals surface area contributed by atoms with Gasteiger partial charge >= 0.3 is 0 Å². The average Bonchev–Trinajstić information content (AvgIpc) is 2.64.